The molecule has 1 saturated heterocycles. The van der Waals surface area contributed by atoms with E-state index in [0.29, 0.717) is 28.2 Å². The Labute approximate surface area is 275 Å². The van der Waals surface area contributed by atoms with Crippen molar-refractivity contribution in [1.82, 2.24) is 29.6 Å². The monoisotopic (exact) mass is 652 g/mol. The number of pyridine rings is 1. The Hall–Kier alpha value is -5.59. The van der Waals surface area contributed by atoms with Gasteiger partial charge in [-0.15, -0.1) is 5.10 Å². The molecule has 2 fully saturated rings. The van der Waals surface area contributed by atoms with Crippen LogP contribution >= 0.6 is 0 Å². The van der Waals surface area contributed by atoms with Crippen LogP contribution in [-0.2, 0) is 4.79 Å². The van der Waals surface area contributed by atoms with E-state index in [0.717, 1.165) is 44.5 Å². The second-order valence-corrected chi connectivity index (χ2v) is 12.3. The molecular formula is C35H34F2N8O3. The van der Waals surface area contributed by atoms with Crippen molar-refractivity contribution in [3.63, 3.8) is 0 Å². The summed E-state index contributed by atoms with van der Waals surface area (Å²) in [5, 5.41) is 11.7. The molecule has 1 spiro atoms. The molecule has 3 aromatic heterocycles. The fourth-order valence-electron chi connectivity index (χ4n) is 6.46. The van der Waals surface area contributed by atoms with E-state index < -0.39 is 11.6 Å². The molecule has 1 amide bonds. The minimum absolute atomic E-state index is 0.00236. The number of methoxy groups -OCH3 is 1. The van der Waals surface area contributed by atoms with Gasteiger partial charge in [-0.2, -0.15) is 0 Å². The van der Waals surface area contributed by atoms with E-state index in [1.165, 1.54) is 35.4 Å². The number of halogens is 2. The zero-order valence-corrected chi connectivity index (χ0v) is 26.5. The number of nitrogens with zero attached hydrogens (tertiary/aromatic N) is 6. The number of hydrogen-bond acceptors (Lipinski definition) is 9. The van der Waals surface area contributed by atoms with Gasteiger partial charge in [-0.1, -0.05) is 6.58 Å². The Balaban J connectivity index is 1.04. The van der Waals surface area contributed by atoms with Gasteiger partial charge in [-0.3, -0.25) is 9.78 Å². The summed E-state index contributed by atoms with van der Waals surface area (Å²) in [5.41, 5.74) is 2.55. The highest BCUT2D eigenvalue weighted by molar-refractivity contribution is 5.95. The van der Waals surface area contributed by atoms with Gasteiger partial charge in [0.2, 0.25) is 11.8 Å². The highest BCUT2D eigenvalue weighted by atomic mass is 19.1. The number of nitrogens with one attached hydrogen (secondary N) is 2. The summed E-state index contributed by atoms with van der Waals surface area (Å²) >= 11 is 0. The van der Waals surface area contributed by atoms with Crippen molar-refractivity contribution in [2.45, 2.75) is 38.6 Å². The molecule has 4 heterocycles. The molecule has 5 aromatic rings. The van der Waals surface area contributed by atoms with Crippen molar-refractivity contribution in [2.75, 3.05) is 30.8 Å². The molecule has 7 rings (SSSR count). The summed E-state index contributed by atoms with van der Waals surface area (Å²) in [4.78, 5) is 26.6. The van der Waals surface area contributed by atoms with Crippen LogP contribution in [0.1, 0.15) is 31.4 Å². The maximum Gasteiger partial charge on any atom is 0.245 e. The topological polar surface area (TPSA) is 119 Å². The van der Waals surface area contributed by atoms with Gasteiger partial charge >= 0.3 is 0 Å². The summed E-state index contributed by atoms with van der Waals surface area (Å²) in [6, 6.07) is 11.3. The van der Waals surface area contributed by atoms with Gasteiger partial charge in [0, 0.05) is 60.4 Å². The SMILES string of the molecule is C=CC(=O)N1CC2(CCC(Nc3cc4c(Nc5ccc(Oc6ccn(-c7cnc(C)c(F)c7)n6)cc5F)ncnc4cc3OC)CC2)C1. The molecule has 0 radical (unpaired) electrons. The molecule has 0 atom stereocenters. The van der Waals surface area contributed by atoms with Gasteiger partial charge < -0.3 is 25.0 Å². The van der Waals surface area contributed by atoms with E-state index >= 15 is 4.39 Å². The van der Waals surface area contributed by atoms with Crippen LogP contribution in [0.4, 0.5) is 26.0 Å². The van der Waals surface area contributed by atoms with Crippen LogP contribution in [0.3, 0.4) is 0 Å². The van der Waals surface area contributed by atoms with Crippen LogP contribution in [0.5, 0.6) is 17.4 Å². The maximum absolute atomic E-state index is 15.4. The zero-order valence-electron chi connectivity index (χ0n) is 26.5. The maximum atomic E-state index is 15.4. The molecule has 246 valence electrons. The van der Waals surface area contributed by atoms with Crippen LogP contribution in [0.25, 0.3) is 16.6 Å². The first kappa shape index (κ1) is 31.0. The molecule has 13 heteroatoms. The summed E-state index contributed by atoms with van der Waals surface area (Å²) < 4.78 is 42.2. The van der Waals surface area contributed by atoms with Crippen LogP contribution in [-0.4, -0.2) is 61.8 Å². The van der Waals surface area contributed by atoms with E-state index in [1.807, 2.05) is 17.0 Å². The molecule has 48 heavy (non-hydrogen) atoms. The Morgan fingerprint density at radius 1 is 1.04 bits per heavy atom. The molecule has 1 saturated carbocycles. The lowest BCUT2D eigenvalue weighted by atomic mass is 9.67. The Morgan fingerprint density at radius 3 is 2.58 bits per heavy atom. The number of carbonyl (C=O) groups is 1. The standard InChI is InChI=1S/C35H34F2N8O3/c1-4-33(46)44-18-35(19-44)10-7-22(8-11-35)41-30-15-25-29(16-31(30)47-3)39-20-40-34(25)42-28-6-5-24(14-27(28)37)48-32-9-12-45(43-32)23-13-26(36)21(2)38-17-23/h4-6,9,12-17,20,22,41H,1,7-8,10-11,18-19H2,2-3H3,(H,39,40,42). The lowest BCUT2D eigenvalue weighted by Gasteiger charge is -2.53. The first-order valence-electron chi connectivity index (χ1n) is 15.7. The van der Waals surface area contributed by atoms with Crippen molar-refractivity contribution in [3.8, 4) is 23.1 Å². The van der Waals surface area contributed by atoms with Crippen LogP contribution < -0.4 is 20.1 Å². The predicted octanol–water partition coefficient (Wildman–Crippen LogP) is 6.71. The number of anilines is 3. The number of ether oxygens (including phenoxy) is 2. The smallest absolute Gasteiger partial charge is 0.245 e. The van der Waals surface area contributed by atoms with E-state index in [2.05, 4.69) is 37.3 Å². The highest BCUT2D eigenvalue weighted by Gasteiger charge is 2.46. The third-order valence-electron chi connectivity index (χ3n) is 9.16. The quantitative estimate of drug-likeness (QED) is 0.168. The van der Waals surface area contributed by atoms with E-state index in [4.69, 9.17) is 9.47 Å². The third-order valence-corrected chi connectivity index (χ3v) is 9.16. The Bertz CT molecular complexity index is 2020. The summed E-state index contributed by atoms with van der Waals surface area (Å²) in [5.74, 6) is 0.515. The van der Waals surface area contributed by atoms with Crippen molar-refractivity contribution in [2.24, 2.45) is 5.41 Å². The molecule has 2 aromatic carbocycles. The van der Waals surface area contributed by atoms with Crippen LogP contribution in [0.2, 0.25) is 0 Å². The fraction of sp³-hybridized carbons (Fsp3) is 0.286. The van der Waals surface area contributed by atoms with Crippen molar-refractivity contribution in [3.05, 3.63) is 91.2 Å². The second kappa shape index (κ2) is 12.5. The first-order chi connectivity index (χ1) is 23.2. The third kappa shape index (κ3) is 6.10. The van der Waals surface area contributed by atoms with Gasteiger partial charge in [-0.25, -0.2) is 23.4 Å². The number of aryl methyl sites for hydroxylation is 1. The lowest BCUT2D eigenvalue weighted by molar-refractivity contribution is -0.140. The van der Waals surface area contributed by atoms with Gasteiger partial charge in [0.1, 0.15) is 35.3 Å². The van der Waals surface area contributed by atoms with Gasteiger partial charge in [0.15, 0.2) is 0 Å². The van der Waals surface area contributed by atoms with Crippen molar-refractivity contribution < 1.29 is 23.0 Å². The fourth-order valence-corrected chi connectivity index (χ4v) is 6.46. The molecule has 2 aliphatic rings. The summed E-state index contributed by atoms with van der Waals surface area (Å²) in [6.45, 7) is 6.75. The molecule has 1 aliphatic carbocycles. The van der Waals surface area contributed by atoms with Crippen LogP contribution in [0, 0.1) is 24.0 Å². The zero-order chi connectivity index (χ0) is 33.4. The van der Waals surface area contributed by atoms with E-state index in [-0.39, 0.29) is 40.4 Å². The largest absolute Gasteiger partial charge is 0.495 e. The Morgan fingerprint density at radius 2 is 1.85 bits per heavy atom. The summed E-state index contributed by atoms with van der Waals surface area (Å²) in [6.07, 6.45) is 9.90. The number of amides is 1. The average Bonchev–Trinajstić information content (AvgIpc) is 3.54. The first-order valence-corrected chi connectivity index (χ1v) is 15.7. The minimum atomic E-state index is -0.559. The number of likely N-dealkylation sites (tertiary alicyclic amines) is 1. The number of rotatable bonds is 9. The molecule has 1 aliphatic heterocycles. The second-order valence-electron chi connectivity index (χ2n) is 12.3. The average molecular weight is 653 g/mol. The number of carbonyl (C=O) groups excluding carboxylic acids is 1. The van der Waals surface area contributed by atoms with Crippen molar-refractivity contribution >= 4 is 34.0 Å². The molecule has 0 unspecified atom stereocenters. The van der Waals surface area contributed by atoms with E-state index in [9.17, 15) is 9.18 Å². The molecular weight excluding hydrogens is 618 g/mol. The number of aromatic nitrogens is 5. The molecule has 2 N–H and O–H groups in total. The number of hydrogen-bond donors (Lipinski definition) is 2. The Kier molecular flexibility index (Phi) is 8.11. The minimum Gasteiger partial charge on any atom is -0.495 e. The number of benzene rings is 2. The van der Waals surface area contributed by atoms with Crippen molar-refractivity contribution in [1.29, 1.82) is 0 Å². The highest BCUT2D eigenvalue weighted by Crippen LogP contribution is 2.45. The van der Waals surface area contributed by atoms with Gasteiger partial charge in [0.05, 0.1) is 41.6 Å². The lowest BCUT2D eigenvalue weighted by Crippen LogP contribution is -2.59. The van der Waals surface area contributed by atoms with Crippen LogP contribution in [0.15, 0.2) is 73.8 Å². The number of fused-ring (bicyclic) bond motifs is 1. The molecule has 11 nitrogen and oxygen atoms in total. The van der Waals surface area contributed by atoms with Gasteiger partial charge in [-0.05, 0) is 56.9 Å². The van der Waals surface area contributed by atoms with Gasteiger partial charge in [0.25, 0.3) is 0 Å². The summed E-state index contributed by atoms with van der Waals surface area (Å²) in [7, 11) is 1.62. The predicted molar refractivity (Wildman–Crippen MR) is 177 cm³/mol. The molecule has 0 bridgehead atoms. The van der Waals surface area contributed by atoms with E-state index in [1.54, 1.807) is 38.4 Å². The normalized spacial score (nSPS) is 15.6.